The van der Waals surface area contributed by atoms with Gasteiger partial charge in [0.15, 0.2) is 0 Å². The minimum Gasteiger partial charge on any atom is -0.368 e. The number of halogens is 1. The van der Waals surface area contributed by atoms with Gasteiger partial charge in [0, 0.05) is 57.7 Å². The Bertz CT molecular complexity index is 774. The van der Waals surface area contributed by atoms with E-state index in [1.54, 1.807) is 29.4 Å². The molecule has 3 rings (SSSR count). The number of carbonyl (C=O) groups is 2. The lowest BCUT2D eigenvalue weighted by Crippen LogP contribution is -2.51. The van der Waals surface area contributed by atoms with Gasteiger partial charge in [-0.2, -0.15) is 0 Å². The summed E-state index contributed by atoms with van der Waals surface area (Å²) < 4.78 is 13.1. The molecule has 0 spiro atoms. The second-order valence-corrected chi connectivity index (χ2v) is 6.58. The molecule has 2 heterocycles. The fraction of sp³-hybridized carbons (Fsp3) is 0.350. The molecule has 7 heteroatoms. The number of amides is 2. The van der Waals surface area contributed by atoms with Gasteiger partial charge in [0.25, 0.3) is 0 Å². The van der Waals surface area contributed by atoms with Gasteiger partial charge in [-0.05, 0) is 35.9 Å². The van der Waals surface area contributed by atoms with Crippen LogP contribution in [-0.4, -0.2) is 59.3 Å². The van der Waals surface area contributed by atoms with Crippen LogP contribution in [0.15, 0.2) is 48.8 Å². The molecule has 1 aromatic heterocycles. The topological polar surface area (TPSA) is 56.8 Å². The molecule has 1 aliphatic rings. The third-order valence-electron chi connectivity index (χ3n) is 4.69. The molecule has 1 fully saturated rings. The van der Waals surface area contributed by atoms with E-state index >= 15 is 0 Å². The summed E-state index contributed by atoms with van der Waals surface area (Å²) in [6.45, 7) is 4.41. The zero-order valence-electron chi connectivity index (χ0n) is 15.3. The number of benzene rings is 1. The maximum absolute atomic E-state index is 13.1. The Morgan fingerprint density at radius 1 is 1.11 bits per heavy atom. The first-order valence-corrected chi connectivity index (χ1v) is 8.95. The highest BCUT2D eigenvalue weighted by atomic mass is 19.1. The minimum atomic E-state index is -0.259. The van der Waals surface area contributed by atoms with Gasteiger partial charge in [-0.3, -0.25) is 14.6 Å². The number of hydrogen-bond donors (Lipinski definition) is 0. The highest BCUT2D eigenvalue weighted by Crippen LogP contribution is 2.17. The van der Waals surface area contributed by atoms with Crippen molar-refractivity contribution in [2.75, 3.05) is 37.6 Å². The largest absolute Gasteiger partial charge is 0.368 e. The molecule has 1 aliphatic heterocycles. The van der Waals surface area contributed by atoms with Crippen LogP contribution in [0.25, 0.3) is 0 Å². The van der Waals surface area contributed by atoms with Crippen molar-refractivity contribution in [3.63, 3.8) is 0 Å². The van der Waals surface area contributed by atoms with Gasteiger partial charge in [0.05, 0.1) is 0 Å². The summed E-state index contributed by atoms with van der Waals surface area (Å²) in [6, 6.07) is 10.1. The summed E-state index contributed by atoms with van der Waals surface area (Å²) in [5.74, 6) is -0.462. The number of aromatic nitrogens is 1. The summed E-state index contributed by atoms with van der Waals surface area (Å²) in [7, 11) is 0. The average Bonchev–Trinajstić information content (AvgIpc) is 2.69. The molecule has 0 unspecified atom stereocenters. The van der Waals surface area contributed by atoms with E-state index in [-0.39, 0.29) is 24.2 Å². The number of nitrogens with zero attached hydrogens (tertiary/aromatic N) is 4. The second-order valence-electron chi connectivity index (χ2n) is 6.58. The Kier molecular flexibility index (Phi) is 6.01. The Morgan fingerprint density at radius 3 is 2.41 bits per heavy atom. The summed E-state index contributed by atoms with van der Waals surface area (Å²) in [5, 5.41) is 0. The minimum absolute atomic E-state index is 0.0563. The standard InChI is InChI=1S/C20H23FN4O2/c1-16(26)25(14-17-3-2-8-22-13-17)15-20(27)24-11-9-23(10-12-24)19-6-4-18(21)5-7-19/h2-8,13H,9-12,14-15H2,1H3. The van der Waals surface area contributed by atoms with Gasteiger partial charge < -0.3 is 14.7 Å². The van der Waals surface area contributed by atoms with E-state index in [1.807, 2.05) is 12.1 Å². The van der Waals surface area contributed by atoms with Crippen molar-refractivity contribution in [2.45, 2.75) is 13.5 Å². The summed E-state index contributed by atoms with van der Waals surface area (Å²) in [4.78, 5) is 34.0. The van der Waals surface area contributed by atoms with Crippen LogP contribution in [0, 0.1) is 5.82 Å². The van der Waals surface area contributed by atoms with Gasteiger partial charge in [0.1, 0.15) is 12.4 Å². The molecule has 2 amide bonds. The Balaban J connectivity index is 1.54. The SMILES string of the molecule is CC(=O)N(CC(=O)N1CCN(c2ccc(F)cc2)CC1)Cc1cccnc1. The van der Waals surface area contributed by atoms with E-state index in [1.165, 1.54) is 24.0 Å². The first kappa shape index (κ1) is 18.8. The van der Waals surface area contributed by atoms with Crippen LogP contribution >= 0.6 is 0 Å². The number of rotatable bonds is 5. The lowest BCUT2D eigenvalue weighted by molar-refractivity contribution is -0.140. The Morgan fingerprint density at radius 2 is 1.81 bits per heavy atom. The first-order valence-electron chi connectivity index (χ1n) is 8.95. The van der Waals surface area contributed by atoms with E-state index in [9.17, 15) is 14.0 Å². The molecule has 2 aromatic rings. The van der Waals surface area contributed by atoms with Gasteiger partial charge in [-0.15, -0.1) is 0 Å². The maximum atomic E-state index is 13.1. The van der Waals surface area contributed by atoms with Gasteiger partial charge in [-0.25, -0.2) is 4.39 Å². The molecule has 27 heavy (non-hydrogen) atoms. The predicted octanol–water partition coefficient (Wildman–Crippen LogP) is 1.92. The fourth-order valence-electron chi connectivity index (χ4n) is 3.12. The van der Waals surface area contributed by atoms with Crippen molar-refractivity contribution in [2.24, 2.45) is 0 Å². The molecule has 1 saturated heterocycles. The summed E-state index contributed by atoms with van der Waals surface area (Å²) in [5.41, 5.74) is 1.84. The van der Waals surface area contributed by atoms with Crippen LogP contribution in [0.1, 0.15) is 12.5 Å². The average molecular weight is 370 g/mol. The van der Waals surface area contributed by atoms with Crippen molar-refractivity contribution in [3.8, 4) is 0 Å². The lowest BCUT2D eigenvalue weighted by atomic mass is 10.2. The van der Waals surface area contributed by atoms with E-state index in [0.29, 0.717) is 32.7 Å². The molecule has 0 bridgehead atoms. The van der Waals surface area contributed by atoms with Crippen LogP contribution in [0.3, 0.4) is 0 Å². The number of piperazine rings is 1. The number of carbonyl (C=O) groups excluding carboxylic acids is 2. The van der Waals surface area contributed by atoms with E-state index < -0.39 is 0 Å². The molecule has 0 radical (unpaired) electrons. The van der Waals surface area contributed by atoms with Crippen LogP contribution < -0.4 is 4.90 Å². The van der Waals surface area contributed by atoms with Crippen LogP contribution in [0.5, 0.6) is 0 Å². The van der Waals surface area contributed by atoms with E-state index in [0.717, 1.165) is 11.3 Å². The Hall–Kier alpha value is -2.96. The molecular weight excluding hydrogens is 347 g/mol. The van der Waals surface area contributed by atoms with Crippen LogP contribution in [0.2, 0.25) is 0 Å². The number of hydrogen-bond acceptors (Lipinski definition) is 4. The van der Waals surface area contributed by atoms with Crippen LogP contribution in [-0.2, 0) is 16.1 Å². The predicted molar refractivity (Wildman–Crippen MR) is 101 cm³/mol. The molecule has 0 aliphatic carbocycles. The van der Waals surface area contributed by atoms with Crippen molar-refractivity contribution < 1.29 is 14.0 Å². The molecule has 6 nitrogen and oxygen atoms in total. The zero-order valence-corrected chi connectivity index (χ0v) is 15.3. The highest BCUT2D eigenvalue weighted by molar-refractivity contribution is 5.84. The van der Waals surface area contributed by atoms with Gasteiger partial charge >= 0.3 is 0 Å². The quantitative estimate of drug-likeness (QED) is 0.807. The molecule has 0 N–H and O–H groups in total. The van der Waals surface area contributed by atoms with Crippen molar-refractivity contribution >= 4 is 17.5 Å². The van der Waals surface area contributed by atoms with Gasteiger partial charge in [-0.1, -0.05) is 6.07 Å². The third kappa shape index (κ3) is 5.03. The maximum Gasteiger partial charge on any atom is 0.242 e. The smallest absolute Gasteiger partial charge is 0.242 e. The third-order valence-corrected chi connectivity index (χ3v) is 4.69. The lowest BCUT2D eigenvalue weighted by Gasteiger charge is -2.37. The monoisotopic (exact) mass is 370 g/mol. The fourth-order valence-corrected chi connectivity index (χ4v) is 3.12. The van der Waals surface area contributed by atoms with Crippen molar-refractivity contribution in [1.29, 1.82) is 0 Å². The van der Waals surface area contributed by atoms with Crippen LogP contribution in [0.4, 0.5) is 10.1 Å². The van der Waals surface area contributed by atoms with Gasteiger partial charge in [0.2, 0.25) is 11.8 Å². The second kappa shape index (κ2) is 8.62. The van der Waals surface area contributed by atoms with E-state index in [2.05, 4.69) is 9.88 Å². The highest BCUT2D eigenvalue weighted by Gasteiger charge is 2.24. The number of anilines is 1. The zero-order chi connectivity index (χ0) is 19.2. The number of pyridine rings is 1. The molecule has 1 aromatic carbocycles. The Labute approximate surface area is 158 Å². The molecule has 142 valence electrons. The molecule has 0 atom stereocenters. The molecule has 0 saturated carbocycles. The van der Waals surface area contributed by atoms with Crippen molar-refractivity contribution in [3.05, 3.63) is 60.2 Å². The summed E-state index contributed by atoms with van der Waals surface area (Å²) in [6.07, 6.45) is 3.37. The van der Waals surface area contributed by atoms with E-state index in [4.69, 9.17) is 0 Å². The van der Waals surface area contributed by atoms with Crippen molar-refractivity contribution in [1.82, 2.24) is 14.8 Å². The normalized spacial score (nSPS) is 14.1. The molecular formula is C20H23FN4O2. The first-order chi connectivity index (χ1) is 13.0. The summed E-state index contributed by atoms with van der Waals surface area (Å²) >= 11 is 0.